The van der Waals surface area contributed by atoms with Crippen molar-refractivity contribution in [1.29, 1.82) is 0 Å². The topological polar surface area (TPSA) is 30.2 Å². The van der Waals surface area contributed by atoms with Crippen LogP contribution in [0.5, 0.6) is 0 Å². The zero-order valence-electron chi connectivity index (χ0n) is 11.5. The first-order valence-electron chi connectivity index (χ1n) is 6.98. The lowest BCUT2D eigenvalue weighted by atomic mass is 10.1. The average Bonchev–Trinajstić information content (AvgIpc) is 3.05. The van der Waals surface area contributed by atoms with Crippen LogP contribution in [0.3, 0.4) is 0 Å². The molecule has 1 aliphatic rings. The molecule has 0 fully saturated rings. The van der Waals surface area contributed by atoms with Crippen LogP contribution in [0.1, 0.15) is 23.4 Å². The predicted molar refractivity (Wildman–Crippen MR) is 87.9 cm³/mol. The Balaban J connectivity index is 2.09. The molecule has 0 unspecified atom stereocenters. The van der Waals surface area contributed by atoms with Crippen LogP contribution in [0.15, 0.2) is 28.7 Å². The Hall–Kier alpha value is -1.39. The lowest BCUT2D eigenvalue weighted by molar-refractivity contribution is 0.896. The van der Waals surface area contributed by atoms with E-state index in [1.54, 1.807) is 4.52 Å². The lowest BCUT2D eigenvalue weighted by Gasteiger charge is -2.06. The number of benzene rings is 1. The third kappa shape index (κ3) is 1.93. The minimum Gasteiger partial charge on any atom is -0.233 e. The fourth-order valence-corrected chi connectivity index (χ4v) is 3.87. The minimum atomic E-state index is 0.717. The van der Waals surface area contributed by atoms with Gasteiger partial charge in [-0.1, -0.05) is 45.7 Å². The second-order valence-corrected chi connectivity index (χ2v) is 6.57. The number of hydrogen-bond donors (Lipinski definition) is 0. The Morgan fingerprint density at radius 2 is 2.05 bits per heavy atom. The van der Waals surface area contributed by atoms with Gasteiger partial charge in [-0.15, -0.1) is 0 Å². The predicted octanol–water partition coefficient (Wildman–Crippen LogP) is 4.61. The first-order valence-corrected chi connectivity index (χ1v) is 8.15. The van der Waals surface area contributed by atoms with Crippen LogP contribution in [0.4, 0.5) is 0 Å². The van der Waals surface area contributed by atoms with Crippen LogP contribution in [-0.4, -0.2) is 14.6 Å². The van der Waals surface area contributed by atoms with Crippen LogP contribution < -0.4 is 0 Å². The summed E-state index contributed by atoms with van der Waals surface area (Å²) in [6, 6.07) is 8.15. The molecule has 0 saturated carbocycles. The van der Waals surface area contributed by atoms with E-state index in [4.69, 9.17) is 16.6 Å². The Morgan fingerprint density at radius 1 is 1.24 bits per heavy atom. The molecule has 0 N–H and O–H groups in total. The van der Waals surface area contributed by atoms with Gasteiger partial charge in [-0.25, -0.2) is 9.50 Å². The van der Waals surface area contributed by atoms with Gasteiger partial charge in [0.1, 0.15) is 5.15 Å². The van der Waals surface area contributed by atoms with Crippen molar-refractivity contribution in [2.45, 2.75) is 26.2 Å². The molecule has 4 rings (SSSR count). The molecular formula is C16H13BrClN3. The van der Waals surface area contributed by atoms with E-state index in [0.29, 0.717) is 5.15 Å². The standard InChI is InChI=1S/C16H13BrClN3/c1-9-14(10-5-2-3-7-12(10)17)16-19-13-8-4-6-11(13)15(18)21(16)20-9/h2-3,5,7H,4,6,8H2,1H3. The normalized spacial score (nSPS) is 13.9. The number of rotatable bonds is 1. The quantitative estimate of drug-likeness (QED) is 0.592. The zero-order valence-corrected chi connectivity index (χ0v) is 13.9. The summed E-state index contributed by atoms with van der Waals surface area (Å²) >= 11 is 10.2. The molecule has 106 valence electrons. The van der Waals surface area contributed by atoms with Crippen molar-refractivity contribution in [1.82, 2.24) is 14.6 Å². The Kier molecular flexibility index (Phi) is 3.05. The van der Waals surface area contributed by atoms with E-state index < -0.39 is 0 Å². The molecule has 0 amide bonds. The van der Waals surface area contributed by atoms with Gasteiger partial charge < -0.3 is 0 Å². The monoisotopic (exact) mass is 361 g/mol. The largest absolute Gasteiger partial charge is 0.233 e. The molecule has 5 heteroatoms. The van der Waals surface area contributed by atoms with Crippen molar-refractivity contribution in [2.24, 2.45) is 0 Å². The summed E-state index contributed by atoms with van der Waals surface area (Å²) in [5.74, 6) is 0. The molecule has 0 aliphatic heterocycles. The number of halogens is 2. The van der Waals surface area contributed by atoms with Gasteiger partial charge in [0.05, 0.1) is 11.3 Å². The van der Waals surface area contributed by atoms with Crippen molar-refractivity contribution in [3.8, 4) is 11.1 Å². The number of hydrogen-bond acceptors (Lipinski definition) is 2. The van der Waals surface area contributed by atoms with Gasteiger partial charge in [0, 0.05) is 21.3 Å². The highest BCUT2D eigenvalue weighted by Crippen LogP contribution is 2.36. The summed E-state index contributed by atoms with van der Waals surface area (Å²) in [6.45, 7) is 2.00. The van der Waals surface area contributed by atoms with E-state index in [1.807, 2.05) is 25.1 Å². The number of aromatic nitrogens is 3. The van der Waals surface area contributed by atoms with Crippen LogP contribution in [-0.2, 0) is 12.8 Å². The smallest absolute Gasteiger partial charge is 0.165 e. The fourth-order valence-electron chi connectivity index (χ4n) is 3.06. The molecule has 0 bridgehead atoms. The molecule has 0 spiro atoms. The van der Waals surface area contributed by atoms with E-state index in [0.717, 1.165) is 57.5 Å². The first-order chi connectivity index (χ1) is 10.2. The van der Waals surface area contributed by atoms with Gasteiger partial charge in [0.25, 0.3) is 0 Å². The molecule has 3 nitrogen and oxygen atoms in total. The Bertz CT molecular complexity index is 870. The minimum absolute atomic E-state index is 0.717. The van der Waals surface area contributed by atoms with Crippen LogP contribution in [0, 0.1) is 6.92 Å². The van der Waals surface area contributed by atoms with Gasteiger partial charge in [0.15, 0.2) is 5.65 Å². The second-order valence-electron chi connectivity index (χ2n) is 5.36. The van der Waals surface area contributed by atoms with Crippen molar-refractivity contribution < 1.29 is 0 Å². The van der Waals surface area contributed by atoms with Gasteiger partial charge >= 0.3 is 0 Å². The van der Waals surface area contributed by atoms with Crippen LogP contribution in [0.2, 0.25) is 5.15 Å². The summed E-state index contributed by atoms with van der Waals surface area (Å²) in [5.41, 5.74) is 6.24. The van der Waals surface area contributed by atoms with Crippen molar-refractivity contribution >= 4 is 33.2 Å². The van der Waals surface area contributed by atoms with Gasteiger partial charge in [0.2, 0.25) is 0 Å². The molecule has 1 aromatic carbocycles. The van der Waals surface area contributed by atoms with Crippen LogP contribution >= 0.6 is 27.5 Å². The van der Waals surface area contributed by atoms with E-state index in [1.165, 1.54) is 0 Å². The van der Waals surface area contributed by atoms with Crippen LogP contribution in [0.25, 0.3) is 16.8 Å². The highest BCUT2D eigenvalue weighted by atomic mass is 79.9. The molecule has 2 aromatic heterocycles. The SMILES string of the molecule is Cc1nn2c(Cl)c3c(nc2c1-c1ccccc1Br)CCC3. The molecular weight excluding hydrogens is 350 g/mol. The third-order valence-electron chi connectivity index (χ3n) is 4.04. The molecule has 3 aromatic rings. The van der Waals surface area contributed by atoms with Gasteiger partial charge in [-0.3, -0.25) is 0 Å². The van der Waals surface area contributed by atoms with E-state index in [9.17, 15) is 0 Å². The van der Waals surface area contributed by atoms with Gasteiger partial charge in [-0.05, 0) is 32.3 Å². The van der Waals surface area contributed by atoms with E-state index >= 15 is 0 Å². The van der Waals surface area contributed by atoms with E-state index in [2.05, 4.69) is 27.1 Å². The summed E-state index contributed by atoms with van der Waals surface area (Å²) in [7, 11) is 0. The van der Waals surface area contributed by atoms with Crippen molar-refractivity contribution in [2.75, 3.05) is 0 Å². The average molecular weight is 363 g/mol. The second kappa shape index (κ2) is 4.82. The first kappa shape index (κ1) is 13.3. The van der Waals surface area contributed by atoms with Crippen molar-refractivity contribution in [3.63, 3.8) is 0 Å². The zero-order chi connectivity index (χ0) is 14.6. The number of aryl methyl sites for hydroxylation is 2. The fraction of sp³-hybridized carbons (Fsp3) is 0.250. The molecule has 0 saturated heterocycles. The molecule has 0 radical (unpaired) electrons. The third-order valence-corrected chi connectivity index (χ3v) is 5.12. The maximum atomic E-state index is 6.55. The van der Waals surface area contributed by atoms with Gasteiger partial charge in [-0.2, -0.15) is 5.10 Å². The number of nitrogens with zero attached hydrogens (tertiary/aromatic N) is 3. The van der Waals surface area contributed by atoms with E-state index in [-0.39, 0.29) is 0 Å². The Morgan fingerprint density at radius 3 is 2.86 bits per heavy atom. The summed E-state index contributed by atoms with van der Waals surface area (Å²) in [6.07, 6.45) is 3.13. The maximum Gasteiger partial charge on any atom is 0.165 e. The molecule has 0 atom stereocenters. The Labute approximate surface area is 136 Å². The highest BCUT2D eigenvalue weighted by Gasteiger charge is 2.23. The van der Waals surface area contributed by atoms with Crippen molar-refractivity contribution in [3.05, 3.63) is 50.8 Å². The summed E-state index contributed by atoms with van der Waals surface area (Å²) < 4.78 is 2.83. The highest BCUT2D eigenvalue weighted by molar-refractivity contribution is 9.10. The summed E-state index contributed by atoms with van der Waals surface area (Å²) in [5, 5.41) is 5.33. The molecule has 2 heterocycles. The number of fused-ring (bicyclic) bond motifs is 2. The molecule has 21 heavy (non-hydrogen) atoms. The lowest BCUT2D eigenvalue weighted by Crippen LogP contribution is -1.99. The maximum absolute atomic E-state index is 6.55. The summed E-state index contributed by atoms with van der Waals surface area (Å²) in [4.78, 5) is 4.85. The molecule has 1 aliphatic carbocycles.